The Hall–Kier alpha value is -2.95. The van der Waals surface area contributed by atoms with E-state index in [9.17, 15) is 0 Å². The Morgan fingerprint density at radius 2 is 0.368 bits per heavy atom. The molecule has 0 aromatic rings. The summed E-state index contributed by atoms with van der Waals surface area (Å²) in [6, 6.07) is 0. The Morgan fingerprint density at radius 1 is 0.368 bits per heavy atom. The maximum Gasteiger partial charge on any atom is 0 e. The average molecular weight is 468 g/mol. The Kier molecular flexibility index (Phi) is 746. The van der Waals surface area contributed by atoms with E-state index < -0.39 is 0 Å². The molecule has 0 aliphatic carbocycles. The van der Waals surface area contributed by atoms with Gasteiger partial charge in [-0.1, -0.05) is 0 Å². The van der Waals surface area contributed by atoms with Crippen LogP contribution in [0.25, 0.3) is 0 Å². The van der Waals surface area contributed by atoms with Crippen molar-refractivity contribution in [2.24, 2.45) is 32.0 Å². The third kappa shape index (κ3) is 294. The molecule has 0 N–H and O–H groups in total. The average Bonchev–Trinajstić information content (AvgIpc) is 2.23. The van der Waals surface area contributed by atoms with Gasteiger partial charge in [-0.2, -0.15) is 0 Å². The van der Waals surface area contributed by atoms with E-state index in [0.29, 0.717) is 0 Å². The fourth-order valence-electron chi connectivity index (χ4n) is 0. The van der Waals surface area contributed by atoms with Crippen LogP contribution in [0.15, 0.2) is 32.0 Å². The zero-order chi connectivity index (χ0) is 16.2. The van der Waals surface area contributed by atoms with Crippen molar-refractivity contribution in [3.8, 4) is 0 Å². The molecule has 0 fully saturated rings. The van der Waals surface area contributed by atoms with Crippen molar-refractivity contribution in [2.45, 2.75) is 0 Å². The third-order valence-corrected chi connectivity index (χ3v) is 0. The van der Waals surface area contributed by atoms with Gasteiger partial charge in [0.05, 0.1) is 0 Å². The van der Waals surface area contributed by atoms with Crippen molar-refractivity contribution < 1.29 is 20.1 Å². The molecule has 0 spiro atoms. The summed E-state index contributed by atoms with van der Waals surface area (Å²) in [6.45, 7) is 0. The van der Waals surface area contributed by atoms with Gasteiger partial charge < -0.3 is 60.7 Å². The molecule has 0 aromatic heterocycles. The smallest absolute Gasteiger partial charge is 0 e. The Labute approximate surface area is 114 Å². The molecule has 0 rings (SSSR count). The van der Waals surface area contributed by atoms with Crippen LogP contribution in [0.2, 0.25) is 0 Å². The van der Waals surface area contributed by atoms with Crippen molar-refractivity contribution in [1.29, 1.82) is 0 Å². The summed E-state index contributed by atoms with van der Waals surface area (Å²) in [6.07, 6.45) is 0. The summed E-state index contributed by atoms with van der Waals surface area (Å²) in [5.41, 5.74) is 0. The van der Waals surface area contributed by atoms with Gasteiger partial charge in [-0.3, -0.25) is 0 Å². The second-order valence-corrected chi connectivity index (χ2v) is 0.447. The van der Waals surface area contributed by atoms with Gasteiger partial charge in [0.2, 0.25) is 0 Å². The van der Waals surface area contributed by atoms with Gasteiger partial charge in [-0.15, -0.1) is 32.0 Å². The molecule has 0 unspecified atom stereocenters. The quantitative estimate of drug-likeness (QED) is 0.360. The fourth-order valence-corrected chi connectivity index (χ4v) is 0. The molecule has 0 amide bonds. The zero-order valence-corrected chi connectivity index (χ0v) is 10.3. The molecule has 0 saturated heterocycles. The number of nitrogens with zero attached hydrogens (tertiary/aromatic N) is 6. The number of rotatable bonds is 0. The van der Waals surface area contributed by atoms with Gasteiger partial charge in [0.1, 0.15) is 0 Å². The molecule has 0 atom stereocenters. The molecule has 117 valence electrons. The largest absolute Gasteiger partial charge is 0.444 e. The topological polar surface area (TPSA) is 315 Å². The fraction of sp³-hybridized carbons (Fsp3) is 0. The molecule has 0 aliphatic heterocycles. The number of hydrogen-bond donors (Lipinski definition) is 0. The second-order valence-electron chi connectivity index (χ2n) is 0.447. The van der Waals surface area contributed by atoms with Gasteiger partial charge >= 0.3 is 0 Å². The summed E-state index contributed by atoms with van der Waals surface area (Å²) in [7, 11) is 0. The van der Waals surface area contributed by atoms with Crippen molar-refractivity contribution in [2.75, 3.05) is 0 Å². The standard InChI is InChI=1S/Ir.6HNO2/c;6*2-1-3/h;6*(H,2,3)/p-6. The molecule has 18 nitrogen and oxygen atoms in total. The van der Waals surface area contributed by atoms with E-state index in [1.807, 2.05) is 0 Å². The molecule has 19 heteroatoms. The summed E-state index contributed by atoms with van der Waals surface area (Å²) < 4.78 is 0. The minimum Gasteiger partial charge on any atom is -0.444 e. The summed E-state index contributed by atoms with van der Waals surface area (Å²) in [4.78, 5) is 48.0. The van der Waals surface area contributed by atoms with Crippen LogP contribution in [0.4, 0.5) is 0 Å². The van der Waals surface area contributed by atoms with Crippen LogP contribution in [-0.4, -0.2) is 0 Å². The first-order valence-electron chi connectivity index (χ1n) is 2.19. The zero-order valence-electron chi connectivity index (χ0n) is 7.92. The van der Waals surface area contributed by atoms with E-state index >= 15 is 0 Å². The first-order valence-corrected chi connectivity index (χ1v) is 2.19. The maximum atomic E-state index is 8.00. The molecule has 0 heterocycles. The van der Waals surface area contributed by atoms with Crippen LogP contribution in [0.3, 0.4) is 0 Å². The first kappa shape index (κ1) is 44.4. The molecular formula is IrN6O12-6. The Bertz CT molecular complexity index is 114. The minimum atomic E-state index is 0. The van der Waals surface area contributed by atoms with Gasteiger partial charge in [-0.25, -0.2) is 0 Å². The monoisotopic (exact) mass is 469 g/mol. The van der Waals surface area contributed by atoms with E-state index in [1.54, 1.807) is 0 Å². The van der Waals surface area contributed by atoms with E-state index in [1.165, 1.54) is 0 Å². The van der Waals surface area contributed by atoms with Crippen molar-refractivity contribution in [3.05, 3.63) is 60.7 Å². The maximum absolute atomic E-state index is 8.00. The summed E-state index contributed by atoms with van der Waals surface area (Å²) in [5.74, 6) is 0. The SMILES string of the molecule is O=N[O-].O=N[O-].O=N[O-].O=N[O-].O=N[O-].O=N[O-].[Ir]. The summed E-state index contributed by atoms with van der Waals surface area (Å²) >= 11 is 0. The summed E-state index contributed by atoms with van der Waals surface area (Å²) in [5, 5.41) is 54.0. The van der Waals surface area contributed by atoms with Gasteiger partial charge in [0.15, 0.2) is 0 Å². The molecule has 19 heavy (non-hydrogen) atoms. The second kappa shape index (κ2) is 319. The Balaban J connectivity index is -0.0000000180. The van der Waals surface area contributed by atoms with Gasteiger partial charge in [0.25, 0.3) is 0 Å². The molecule has 0 saturated carbocycles. The molecule has 0 bridgehead atoms. The normalized spacial score (nSPS) is 3.79. The van der Waals surface area contributed by atoms with Crippen LogP contribution in [0.5, 0.6) is 0 Å². The van der Waals surface area contributed by atoms with Crippen LogP contribution >= 0.6 is 0 Å². The van der Waals surface area contributed by atoms with E-state index in [-0.39, 0.29) is 20.1 Å². The van der Waals surface area contributed by atoms with E-state index in [2.05, 4.69) is 0 Å². The third-order valence-electron chi connectivity index (χ3n) is 0. The van der Waals surface area contributed by atoms with Crippen LogP contribution in [0.1, 0.15) is 0 Å². The predicted molar refractivity (Wildman–Crippen MR) is 55.0 cm³/mol. The van der Waals surface area contributed by atoms with E-state index in [4.69, 9.17) is 60.7 Å². The van der Waals surface area contributed by atoms with Crippen molar-refractivity contribution >= 4 is 0 Å². The van der Waals surface area contributed by atoms with Crippen molar-refractivity contribution in [1.82, 2.24) is 0 Å². The molecule has 1 radical (unpaired) electrons. The minimum absolute atomic E-state index is 0. The molecule has 0 aromatic carbocycles. The first-order chi connectivity index (χ1) is 8.49. The predicted octanol–water partition coefficient (Wildman–Crippen LogP) is 1.50. The number of hydrogen-bond acceptors (Lipinski definition) is 18. The molecular weight excluding hydrogens is 468 g/mol. The van der Waals surface area contributed by atoms with Gasteiger partial charge in [-0.05, 0) is 0 Å². The van der Waals surface area contributed by atoms with E-state index in [0.717, 1.165) is 32.0 Å². The van der Waals surface area contributed by atoms with Gasteiger partial charge in [0, 0.05) is 20.1 Å². The molecule has 0 aliphatic rings. The van der Waals surface area contributed by atoms with Crippen molar-refractivity contribution in [3.63, 3.8) is 0 Å². The van der Waals surface area contributed by atoms with Crippen LogP contribution < -0.4 is 0 Å². The van der Waals surface area contributed by atoms with Crippen LogP contribution in [0, 0.1) is 60.7 Å². The van der Waals surface area contributed by atoms with Crippen LogP contribution in [-0.2, 0) is 20.1 Å². The Morgan fingerprint density at radius 3 is 0.368 bits per heavy atom.